The lowest BCUT2D eigenvalue weighted by Crippen LogP contribution is -2.20. The van der Waals surface area contributed by atoms with Gasteiger partial charge in [0.25, 0.3) is 6.43 Å². The number of rotatable bonds is 7. The summed E-state index contributed by atoms with van der Waals surface area (Å²) in [5.74, 6) is 0.363. The van der Waals surface area contributed by atoms with E-state index in [1.54, 1.807) is 24.9 Å². The monoisotopic (exact) mass is 453 g/mol. The molecule has 1 aromatic carbocycles. The molecule has 3 aromatic rings. The molecular weight excluding hydrogens is 436 g/mol. The maximum atomic E-state index is 12.9. The average Bonchev–Trinajstić information content (AvgIpc) is 3.21. The Morgan fingerprint density at radius 2 is 2.18 bits per heavy atom. The number of aromatic nitrogens is 4. The number of nitrogens with zero attached hydrogens (tertiary/aromatic N) is 4. The number of ether oxygens (including phenoxy) is 1. The molecule has 3 rings (SSSR count). The highest BCUT2D eigenvalue weighted by Crippen LogP contribution is 2.29. The Morgan fingerprint density at radius 1 is 1.39 bits per heavy atom. The third-order valence-corrected chi connectivity index (χ3v) is 5.03. The van der Waals surface area contributed by atoms with Crippen molar-refractivity contribution in [2.45, 2.75) is 26.4 Å². The van der Waals surface area contributed by atoms with Gasteiger partial charge in [-0.2, -0.15) is 10.2 Å². The standard InChI is InChI=1S/C18H18BrF2N5O2/c1-11-16(19)17(18(20)21)24-26(11)10-15(27)23-13-7-22-25(9-13)8-12-4-3-5-14(6-12)28-2/h3-7,9,18H,8,10H2,1-2H3,(H,23,27). The maximum absolute atomic E-state index is 12.9. The molecule has 2 aromatic heterocycles. The maximum Gasteiger partial charge on any atom is 0.283 e. The van der Waals surface area contributed by atoms with Gasteiger partial charge < -0.3 is 10.1 Å². The molecule has 148 valence electrons. The van der Waals surface area contributed by atoms with Crippen molar-refractivity contribution in [3.8, 4) is 5.75 Å². The first-order valence-electron chi connectivity index (χ1n) is 8.33. The first-order chi connectivity index (χ1) is 13.4. The zero-order valence-corrected chi connectivity index (χ0v) is 16.8. The Hall–Kier alpha value is -2.75. The number of carbonyl (C=O) groups is 1. The Kier molecular flexibility index (Phi) is 6.08. The van der Waals surface area contributed by atoms with E-state index in [0.29, 0.717) is 17.9 Å². The van der Waals surface area contributed by atoms with Gasteiger partial charge in [0, 0.05) is 6.20 Å². The fraction of sp³-hybridized carbons (Fsp3) is 0.278. The minimum absolute atomic E-state index is 0.182. The lowest BCUT2D eigenvalue weighted by atomic mass is 10.2. The molecule has 28 heavy (non-hydrogen) atoms. The van der Waals surface area contributed by atoms with Crippen LogP contribution >= 0.6 is 15.9 Å². The van der Waals surface area contributed by atoms with Gasteiger partial charge in [-0.05, 0) is 40.5 Å². The number of methoxy groups -OCH3 is 1. The number of amides is 1. The van der Waals surface area contributed by atoms with E-state index in [9.17, 15) is 13.6 Å². The molecule has 0 aliphatic heterocycles. The van der Waals surface area contributed by atoms with Gasteiger partial charge >= 0.3 is 0 Å². The number of anilines is 1. The Bertz CT molecular complexity index is 986. The van der Waals surface area contributed by atoms with E-state index in [4.69, 9.17) is 4.74 Å². The van der Waals surface area contributed by atoms with Crippen molar-refractivity contribution in [2.24, 2.45) is 0 Å². The Labute approximate surface area is 168 Å². The summed E-state index contributed by atoms with van der Waals surface area (Å²) in [5, 5.41) is 10.7. The van der Waals surface area contributed by atoms with Gasteiger partial charge in [0.2, 0.25) is 5.91 Å². The van der Waals surface area contributed by atoms with Crippen molar-refractivity contribution in [1.82, 2.24) is 19.6 Å². The van der Waals surface area contributed by atoms with E-state index in [-0.39, 0.29) is 22.6 Å². The normalized spacial score (nSPS) is 11.1. The number of halogens is 3. The first-order valence-corrected chi connectivity index (χ1v) is 9.13. The molecule has 0 unspecified atom stereocenters. The van der Waals surface area contributed by atoms with Crippen LogP contribution in [-0.4, -0.2) is 32.6 Å². The number of benzene rings is 1. The summed E-state index contributed by atoms with van der Waals surface area (Å²) in [6, 6.07) is 7.59. The van der Waals surface area contributed by atoms with Gasteiger partial charge in [-0.15, -0.1) is 0 Å². The molecule has 1 N–H and O–H groups in total. The highest BCUT2D eigenvalue weighted by molar-refractivity contribution is 9.10. The van der Waals surface area contributed by atoms with E-state index >= 15 is 0 Å². The van der Waals surface area contributed by atoms with E-state index in [1.807, 2.05) is 24.3 Å². The molecule has 0 bridgehead atoms. The number of nitrogens with one attached hydrogen (secondary N) is 1. The average molecular weight is 454 g/mol. The van der Waals surface area contributed by atoms with E-state index in [0.717, 1.165) is 11.3 Å². The van der Waals surface area contributed by atoms with Crippen molar-refractivity contribution < 1.29 is 18.3 Å². The van der Waals surface area contributed by atoms with Crippen molar-refractivity contribution in [1.29, 1.82) is 0 Å². The van der Waals surface area contributed by atoms with E-state index in [2.05, 4.69) is 31.4 Å². The number of hydrogen-bond acceptors (Lipinski definition) is 4. The van der Waals surface area contributed by atoms with Gasteiger partial charge in [-0.3, -0.25) is 14.2 Å². The van der Waals surface area contributed by atoms with Crippen molar-refractivity contribution in [3.05, 3.63) is 58.1 Å². The largest absolute Gasteiger partial charge is 0.497 e. The third kappa shape index (κ3) is 4.56. The van der Waals surface area contributed by atoms with Crippen LogP contribution in [0.5, 0.6) is 5.75 Å². The second-order valence-corrected chi connectivity index (χ2v) is 6.86. The van der Waals surface area contributed by atoms with Crippen molar-refractivity contribution in [2.75, 3.05) is 12.4 Å². The highest BCUT2D eigenvalue weighted by atomic mass is 79.9. The Balaban J connectivity index is 1.63. The number of hydrogen-bond donors (Lipinski definition) is 1. The lowest BCUT2D eigenvalue weighted by molar-refractivity contribution is -0.117. The minimum Gasteiger partial charge on any atom is -0.497 e. The molecule has 0 aliphatic carbocycles. The molecule has 0 atom stereocenters. The molecule has 0 aliphatic rings. The molecule has 1 amide bonds. The molecule has 0 fully saturated rings. The van der Waals surface area contributed by atoms with Gasteiger partial charge in [-0.1, -0.05) is 12.1 Å². The van der Waals surface area contributed by atoms with Crippen LogP contribution in [0.25, 0.3) is 0 Å². The summed E-state index contributed by atoms with van der Waals surface area (Å²) in [7, 11) is 1.60. The summed E-state index contributed by atoms with van der Waals surface area (Å²) >= 11 is 3.09. The van der Waals surface area contributed by atoms with Crippen LogP contribution < -0.4 is 10.1 Å². The van der Waals surface area contributed by atoms with E-state index < -0.39 is 6.43 Å². The second-order valence-electron chi connectivity index (χ2n) is 6.07. The quantitative estimate of drug-likeness (QED) is 0.590. The molecule has 7 nitrogen and oxygen atoms in total. The van der Waals surface area contributed by atoms with Gasteiger partial charge in [-0.25, -0.2) is 8.78 Å². The summed E-state index contributed by atoms with van der Waals surface area (Å²) in [5.41, 5.74) is 1.58. The van der Waals surface area contributed by atoms with E-state index in [1.165, 1.54) is 10.9 Å². The van der Waals surface area contributed by atoms with Crippen LogP contribution in [-0.2, 0) is 17.9 Å². The molecule has 0 saturated heterocycles. The molecular formula is C18H18BrF2N5O2. The highest BCUT2D eigenvalue weighted by Gasteiger charge is 2.21. The molecule has 0 saturated carbocycles. The predicted octanol–water partition coefficient (Wildman–Crippen LogP) is 3.78. The minimum atomic E-state index is -2.72. The summed E-state index contributed by atoms with van der Waals surface area (Å²) in [6.07, 6.45) is 0.495. The van der Waals surface area contributed by atoms with Crippen LogP contribution in [0.2, 0.25) is 0 Å². The lowest BCUT2D eigenvalue weighted by Gasteiger charge is -2.05. The topological polar surface area (TPSA) is 74.0 Å². The zero-order valence-electron chi connectivity index (χ0n) is 15.2. The molecule has 10 heteroatoms. The predicted molar refractivity (Wildman–Crippen MR) is 103 cm³/mol. The van der Waals surface area contributed by atoms with Gasteiger partial charge in [0.15, 0.2) is 0 Å². The van der Waals surface area contributed by atoms with Gasteiger partial charge in [0.1, 0.15) is 18.0 Å². The smallest absolute Gasteiger partial charge is 0.283 e. The van der Waals surface area contributed by atoms with Crippen LogP contribution in [0, 0.1) is 6.92 Å². The van der Waals surface area contributed by atoms with Crippen LogP contribution in [0.4, 0.5) is 14.5 Å². The molecule has 0 spiro atoms. The van der Waals surface area contributed by atoms with Crippen LogP contribution in [0.1, 0.15) is 23.4 Å². The van der Waals surface area contributed by atoms with Crippen LogP contribution in [0.15, 0.2) is 41.1 Å². The van der Waals surface area contributed by atoms with Crippen molar-refractivity contribution >= 4 is 27.5 Å². The second kappa shape index (κ2) is 8.51. The summed E-state index contributed by atoms with van der Waals surface area (Å²) < 4.78 is 34.1. The fourth-order valence-corrected chi connectivity index (χ4v) is 3.11. The third-order valence-electron chi connectivity index (χ3n) is 4.05. The summed E-state index contributed by atoms with van der Waals surface area (Å²) in [4.78, 5) is 12.2. The van der Waals surface area contributed by atoms with Crippen molar-refractivity contribution in [3.63, 3.8) is 0 Å². The molecule has 0 radical (unpaired) electrons. The summed E-state index contributed by atoms with van der Waals surface area (Å²) in [6.45, 7) is 1.94. The molecule has 2 heterocycles. The SMILES string of the molecule is COc1cccc(Cn2cc(NC(=O)Cn3nc(C(F)F)c(Br)c3C)cn2)c1. The first kappa shape index (κ1) is 20.0. The zero-order chi connectivity index (χ0) is 20.3. The fourth-order valence-electron chi connectivity index (χ4n) is 2.65. The van der Waals surface area contributed by atoms with Crippen LogP contribution in [0.3, 0.4) is 0 Å². The van der Waals surface area contributed by atoms with Gasteiger partial charge in [0.05, 0.1) is 35.7 Å². The number of alkyl halides is 2. The Morgan fingerprint density at radius 3 is 2.86 bits per heavy atom. The number of carbonyl (C=O) groups excluding carboxylic acids is 1.